The number of hydrogen-bond donors (Lipinski definition) is 0. The van der Waals surface area contributed by atoms with Crippen LogP contribution in [0.15, 0.2) is 186 Å². The van der Waals surface area contributed by atoms with Crippen LogP contribution in [0.2, 0.25) is 0 Å². The van der Waals surface area contributed by atoms with E-state index in [0.29, 0.717) is 5.82 Å². The maximum atomic E-state index is 6.77. The minimum absolute atomic E-state index is 0.696. The number of nitrogens with zero attached hydrogens (tertiary/aromatic N) is 2. The Morgan fingerprint density at radius 1 is 0.314 bits per heavy atom. The summed E-state index contributed by atoms with van der Waals surface area (Å²) in [6.07, 6.45) is 0. The smallest absolute Gasteiger partial charge is 0.160 e. The molecule has 0 aliphatic rings. The molecule has 0 N–H and O–H groups in total. The van der Waals surface area contributed by atoms with Crippen molar-refractivity contribution in [1.82, 2.24) is 9.97 Å². The van der Waals surface area contributed by atoms with Gasteiger partial charge in [-0.15, -0.1) is 0 Å². The van der Waals surface area contributed by atoms with Crippen LogP contribution in [0, 0.1) is 0 Å². The topological polar surface area (TPSA) is 38.9 Å². The van der Waals surface area contributed by atoms with E-state index < -0.39 is 0 Å². The summed E-state index contributed by atoms with van der Waals surface area (Å²) in [4.78, 5) is 10.2. The van der Waals surface area contributed by atoms with E-state index in [1.54, 1.807) is 0 Å². The van der Waals surface area contributed by atoms with Crippen LogP contribution >= 0.6 is 0 Å². The predicted octanol–water partition coefficient (Wildman–Crippen LogP) is 13.0. The third-order valence-corrected chi connectivity index (χ3v) is 9.85. The van der Waals surface area contributed by atoms with Crippen molar-refractivity contribution in [3.8, 4) is 56.2 Å². The molecular formula is C48H30N2O. The fourth-order valence-electron chi connectivity index (χ4n) is 7.39. The molecule has 0 radical (unpaired) electrons. The molecule has 0 amide bonds. The quantitative estimate of drug-likeness (QED) is 0.174. The molecular weight excluding hydrogens is 621 g/mol. The van der Waals surface area contributed by atoms with E-state index in [0.717, 1.165) is 77.7 Å². The molecule has 0 atom stereocenters. The summed E-state index contributed by atoms with van der Waals surface area (Å²) in [5, 5.41) is 7.05. The minimum Gasteiger partial charge on any atom is -0.455 e. The molecule has 3 heteroatoms. The van der Waals surface area contributed by atoms with Gasteiger partial charge in [0.25, 0.3) is 0 Å². The first-order valence-electron chi connectivity index (χ1n) is 17.2. The van der Waals surface area contributed by atoms with Crippen molar-refractivity contribution in [2.75, 3.05) is 0 Å². The molecule has 10 rings (SSSR count). The summed E-state index contributed by atoms with van der Waals surface area (Å²) in [6.45, 7) is 0. The van der Waals surface area contributed by atoms with E-state index in [4.69, 9.17) is 14.4 Å². The van der Waals surface area contributed by atoms with Gasteiger partial charge in [-0.05, 0) is 74.8 Å². The number of furan rings is 1. The highest BCUT2D eigenvalue weighted by Crippen LogP contribution is 2.42. The summed E-state index contributed by atoms with van der Waals surface area (Å²) in [5.41, 5.74) is 11.0. The lowest BCUT2D eigenvalue weighted by Crippen LogP contribution is -1.96. The van der Waals surface area contributed by atoms with E-state index >= 15 is 0 Å². The van der Waals surface area contributed by atoms with Crippen LogP contribution in [-0.4, -0.2) is 9.97 Å². The van der Waals surface area contributed by atoms with Crippen LogP contribution in [0.4, 0.5) is 0 Å². The average molecular weight is 651 g/mol. The normalized spacial score (nSPS) is 11.5. The fourth-order valence-corrected chi connectivity index (χ4v) is 7.39. The van der Waals surface area contributed by atoms with Gasteiger partial charge in [0.2, 0.25) is 0 Å². The monoisotopic (exact) mass is 650 g/mol. The summed E-state index contributed by atoms with van der Waals surface area (Å²) in [6, 6.07) is 63.7. The van der Waals surface area contributed by atoms with E-state index in [2.05, 4.69) is 146 Å². The molecule has 2 heterocycles. The number of hydrogen-bond acceptors (Lipinski definition) is 3. The Labute approximate surface area is 295 Å². The molecule has 2 aromatic heterocycles. The van der Waals surface area contributed by atoms with Gasteiger partial charge in [-0.1, -0.05) is 146 Å². The molecule has 0 spiro atoms. The number of benzene rings is 8. The second kappa shape index (κ2) is 11.9. The van der Waals surface area contributed by atoms with Gasteiger partial charge in [0.15, 0.2) is 5.82 Å². The van der Waals surface area contributed by atoms with Gasteiger partial charge in [-0.2, -0.15) is 0 Å². The molecule has 238 valence electrons. The summed E-state index contributed by atoms with van der Waals surface area (Å²) in [5.74, 6) is 0.696. The molecule has 0 saturated carbocycles. The first-order chi connectivity index (χ1) is 25.3. The van der Waals surface area contributed by atoms with E-state index in [9.17, 15) is 0 Å². The Bertz CT molecular complexity index is 2840. The third kappa shape index (κ3) is 5.06. The molecule has 0 aliphatic heterocycles. The molecule has 0 saturated heterocycles. The van der Waals surface area contributed by atoms with E-state index in [1.165, 1.54) is 16.2 Å². The summed E-state index contributed by atoms with van der Waals surface area (Å²) in [7, 11) is 0. The van der Waals surface area contributed by atoms with Crippen LogP contribution in [0.3, 0.4) is 0 Å². The van der Waals surface area contributed by atoms with Crippen molar-refractivity contribution >= 4 is 43.5 Å². The second-order valence-electron chi connectivity index (χ2n) is 13.0. The number of aromatic nitrogens is 2. The van der Waals surface area contributed by atoms with Gasteiger partial charge in [-0.3, -0.25) is 0 Å². The Morgan fingerprint density at radius 3 is 1.51 bits per heavy atom. The van der Waals surface area contributed by atoms with Crippen molar-refractivity contribution in [3.63, 3.8) is 0 Å². The Kier molecular flexibility index (Phi) is 6.81. The molecule has 0 aliphatic carbocycles. The van der Waals surface area contributed by atoms with Crippen molar-refractivity contribution in [2.45, 2.75) is 0 Å². The highest BCUT2D eigenvalue weighted by Gasteiger charge is 2.18. The minimum atomic E-state index is 0.696. The van der Waals surface area contributed by atoms with Crippen molar-refractivity contribution in [3.05, 3.63) is 182 Å². The zero-order valence-corrected chi connectivity index (χ0v) is 27.6. The number of rotatable bonds is 5. The number of fused-ring (bicyclic) bond motifs is 8. The summed E-state index contributed by atoms with van der Waals surface area (Å²) >= 11 is 0. The van der Waals surface area contributed by atoms with Crippen LogP contribution in [0.5, 0.6) is 0 Å². The van der Waals surface area contributed by atoms with Crippen LogP contribution in [0.25, 0.3) is 99.6 Å². The molecule has 51 heavy (non-hydrogen) atoms. The Balaban J connectivity index is 1.20. The average Bonchev–Trinajstić information content (AvgIpc) is 3.61. The first-order valence-corrected chi connectivity index (χ1v) is 17.2. The third-order valence-electron chi connectivity index (χ3n) is 9.85. The van der Waals surface area contributed by atoms with Gasteiger partial charge in [0.05, 0.1) is 11.4 Å². The highest BCUT2D eigenvalue weighted by atomic mass is 16.3. The highest BCUT2D eigenvalue weighted by molar-refractivity contribution is 6.30. The Morgan fingerprint density at radius 2 is 0.824 bits per heavy atom. The standard InChI is InChI=1S/C48H30N2O/c1-4-14-31(15-5-1)35-26-36(28-37(27-35)44-30-43(32-16-6-2-7-17-32)49-48(50-44)33-18-8-3-9-19-33)34-24-25-42-45(29-34)51-47-41-23-13-11-21-39(41)38-20-10-12-22-40(38)46(42)47/h1-30H. The van der Waals surface area contributed by atoms with Gasteiger partial charge in [0, 0.05) is 32.8 Å². The lowest BCUT2D eigenvalue weighted by Gasteiger charge is -2.13. The van der Waals surface area contributed by atoms with E-state index in [1.807, 2.05) is 36.4 Å². The van der Waals surface area contributed by atoms with Gasteiger partial charge in [-0.25, -0.2) is 9.97 Å². The van der Waals surface area contributed by atoms with Gasteiger partial charge in [0.1, 0.15) is 11.2 Å². The molecule has 0 bridgehead atoms. The van der Waals surface area contributed by atoms with Crippen LogP contribution in [-0.2, 0) is 0 Å². The van der Waals surface area contributed by atoms with Crippen LogP contribution in [0.1, 0.15) is 0 Å². The lowest BCUT2D eigenvalue weighted by molar-refractivity contribution is 0.673. The van der Waals surface area contributed by atoms with Crippen molar-refractivity contribution in [2.24, 2.45) is 0 Å². The molecule has 10 aromatic rings. The predicted molar refractivity (Wildman–Crippen MR) is 212 cm³/mol. The maximum absolute atomic E-state index is 6.77. The summed E-state index contributed by atoms with van der Waals surface area (Å²) < 4.78 is 6.77. The lowest BCUT2D eigenvalue weighted by atomic mass is 9.93. The SMILES string of the molecule is c1ccc(-c2cc(-c3ccc4c(c3)oc3c5ccccc5c5ccccc5c43)cc(-c3cc(-c4ccccc4)nc(-c4ccccc4)n3)c2)cc1. The van der Waals surface area contributed by atoms with Crippen molar-refractivity contribution in [1.29, 1.82) is 0 Å². The fraction of sp³-hybridized carbons (Fsp3) is 0. The van der Waals surface area contributed by atoms with Crippen molar-refractivity contribution < 1.29 is 4.42 Å². The first kappa shape index (κ1) is 29.1. The molecule has 0 unspecified atom stereocenters. The maximum Gasteiger partial charge on any atom is 0.160 e. The van der Waals surface area contributed by atoms with Gasteiger partial charge >= 0.3 is 0 Å². The van der Waals surface area contributed by atoms with E-state index in [-0.39, 0.29) is 0 Å². The Hall–Kier alpha value is -6.84. The van der Waals surface area contributed by atoms with Crippen LogP contribution < -0.4 is 0 Å². The van der Waals surface area contributed by atoms with Gasteiger partial charge < -0.3 is 4.42 Å². The molecule has 0 fully saturated rings. The molecule has 3 nitrogen and oxygen atoms in total. The zero-order chi connectivity index (χ0) is 33.7. The second-order valence-corrected chi connectivity index (χ2v) is 13.0. The molecule has 8 aromatic carbocycles. The largest absolute Gasteiger partial charge is 0.455 e. The zero-order valence-electron chi connectivity index (χ0n) is 27.6.